The number of ether oxygens (including phenoxy) is 1. The number of nitrogens with zero attached hydrogens (tertiary/aromatic N) is 4. The average Bonchev–Trinajstić information content (AvgIpc) is 2.90. The van der Waals surface area contributed by atoms with E-state index < -0.39 is 0 Å². The second-order valence-electron chi connectivity index (χ2n) is 3.33. The van der Waals surface area contributed by atoms with Crippen molar-refractivity contribution in [3.8, 4) is 0 Å². The van der Waals surface area contributed by atoms with E-state index in [-0.39, 0.29) is 5.97 Å². The van der Waals surface area contributed by atoms with E-state index in [1.54, 1.807) is 19.1 Å². The maximum atomic E-state index is 11.4. The van der Waals surface area contributed by atoms with Gasteiger partial charge in [-0.3, -0.25) is 0 Å². The number of hydrogen-bond donors (Lipinski definition) is 2. The van der Waals surface area contributed by atoms with E-state index in [0.717, 1.165) is 0 Å². The highest BCUT2D eigenvalue weighted by atomic mass is 16.5. The SMILES string of the molecule is CCOC(=O)c1ccc(NCc2nn[nH]n2)nc1. The molecular formula is C10H12N6O2. The third-order valence-corrected chi connectivity index (χ3v) is 2.09. The highest BCUT2D eigenvalue weighted by molar-refractivity contribution is 5.89. The van der Waals surface area contributed by atoms with Gasteiger partial charge in [0.1, 0.15) is 5.82 Å². The van der Waals surface area contributed by atoms with E-state index >= 15 is 0 Å². The number of hydrogen-bond acceptors (Lipinski definition) is 7. The quantitative estimate of drug-likeness (QED) is 0.737. The Hall–Kier alpha value is -2.51. The van der Waals surface area contributed by atoms with Gasteiger partial charge in [0.15, 0.2) is 5.82 Å². The van der Waals surface area contributed by atoms with Crippen molar-refractivity contribution >= 4 is 11.8 Å². The van der Waals surface area contributed by atoms with E-state index in [1.165, 1.54) is 6.20 Å². The summed E-state index contributed by atoms with van der Waals surface area (Å²) >= 11 is 0. The molecule has 0 unspecified atom stereocenters. The Bertz CT molecular complexity index is 496. The highest BCUT2D eigenvalue weighted by Crippen LogP contribution is 2.07. The molecule has 0 saturated heterocycles. The summed E-state index contributed by atoms with van der Waals surface area (Å²) in [4.78, 5) is 15.5. The molecule has 0 fully saturated rings. The highest BCUT2D eigenvalue weighted by Gasteiger charge is 2.06. The Kier molecular flexibility index (Phi) is 3.79. The van der Waals surface area contributed by atoms with Crippen LogP contribution < -0.4 is 5.32 Å². The minimum atomic E-state index is -0.380. The Morgan fingerprint density at radius 3 is 3.00 bits per heavy atom. The summed E-state index contributed by atoms with van der Waals surface area (Å²) in [5.41, 5.74) is 0.418. The molecule has 8 heteroatoms. The Morgan fingerprint density at radius 1 is 1.50 bits per heavy atom. The van der Waals surface area contributed by atoms with Crippen molar-refractivity contribution in [2.24, 2.45) is 0 Å². The summed E-state index contributed by atoms with van der Waals surface area (Å²) in [7, 11) is 0. The number of aromatic amines is 1. The smallest absolute Gasteiger partial charge is 0.339 e. The summed E-state index contributed by atoms with van der Waals surface area (Å²) < 4.78 is 4.85. The number of tetrazole rings is 1. The van der Waals surface area contributed by atoms with E-state index in [1.807, 2.05) is 0 Å². The first-order valence-electron chi connectivity index (χ1n) is 5.39. The summed E-state index contributed by atoms with van der Waals surface area (Å²) in [5.74, 6) is 0.772. The first-order chi connectivity index (χ1) is 8.79. The van der Waals surface area contributed by atoms with E-state index in [9.17, 15) is 4.79 Å². The number of pyridine rings is 1. The van der Waals surface area contributed by atoms with Crippen molar-refractivity contribution in [3.05, 3.63) is 29.7 Å². The Labute approximate surface area is 103 Å². The van der Waals surface area contributed by atoms with Crippen molar-refractivity contribution in [1.82, 2.24) is 25.6 Å². The van der Waals surface area contributed by atoms with E-state index in [2.05, 4.69) is 30.9 Å². The van der Waals surface area contributed by atoms with Crippen LogP contribution in [0.25, 0.3) is 0 Å². The van der Waals surface area contributed by atoms with Crippen LogP contribution in [-0.2, 0) is 11.3 Å². The summed E-state index contributed by atoms with van der Waals surface area (Å²) in [5, 5.41) is 16.4. The first-order valence-corrected chi connectivity index (χ1v) is 5.39. The molecule has 0 aliphatic carbocycles. The number of nitrogens with one attached hydrogen (secondary N) is 2. The van der Waals surface area contributed by atoms with Crippen LogP contribution in [0, 0.1) is 0 Å². The maximum absolute atomic E-state index is 11.4. The zero-order valence-electron chi connectivity index (χ0n) is 9.75. The zero-order valence-corrected chi connectivity index (χ0v) is 9.75. The minimum Gasteiger partial charge on any atom is -0.462 e. The third-order valence-electron chi connectivity index (χ3n) is 2.09. The van der Waals surface area contributed by atoms with Gasteiger partial charge in [-0.05, 0) is 19.1 Å². The number of rotatable bonds is 5. The van der Waals surface area contributed by atoms with Gasteiger partial charge in [0.2, 0.25) is 0 Å². The first kappa shape index (κ1) is 12.0. The van der Waals surface area contributed by atoms with Crippen LogP contribution in [0.15, 0.2) is 18.3 Å². The molecule has 0 amide bonds. The summed E-state index contributed by atoms with van der Waals surface area (Å²) in [6, 6.07) is 3.33. The van der Waals surface area contributed by atoms with Crippen LogP contribution in [0.1, 0.15) is 23.1 Å². The molecule has 0 saturated carbocycles. The topological polar surface area (TPSA) is 106 Å². The lowest BCUT2D eigenvalue weighted by Gasteiger charge is -2.04. The molecule has 0 bridgehead atoms. The van der Waals surface area contributed by atoms with Gasteiger partial charge in [-0.1, -0.05) is 5.21 Å². The van der Waals surface area contributed by atoms with Crippen molar-refractivity contribution < 1.29 is 9.53 Å². The molecular weight excluding hydrogens is 236 g/mol. The van der Waals surface area contributed by atoms with Gasteiger partial charge < -0.3 is 10.1 Å². The van der Waals surface area contributed by atoms with Gasteiger partial charge in [0, 0.05) is 6.20 Å². The standard InChI is InChI=1S/C10H12N6O2/c1-2-18-10(17)7-3-4-8(11-5-7)12-6-9-13-15-16-14-9/h3-5H,2,6H2,1H3,(H,11,12)(H,13,14,15,16). The van der Waals surface area contributed by atoms with Crippen molar-refractivity contribution in [2.45, 2.75) is 13.5 Å². The van der Waals surface area contributed by atoms with Gasteiger partial charge in [-0.2, -0.15) is 5.21 Å². The van der Waals surface area contributed by atoms with Crippen LogP contribution >= 0.6 is 0 Å². The molecule has 0 aliphatic rings. The lowest BCUT2D eigenvalue weighted by atomic mass is 10.3. The van der Waals surface area contributed by atoms with Crippen LogP contribution in [0.2, 0.25) is 0 Å². The number of anilines is 1. The Morgan fingerprint density at radius 2 is 2.39 bits per heavy atom. The predicted molar refractivity (Wildman–Crippen MR) is 61.7 cm³/mol. The second kappa shape index (κ2) is 5.71. The molecule has 8 nitrogen and oxygen atoms in total. The number of carbonyl (C=O) groups excluding carboxylic acids is 1. The molecule has 18 heavy (non-hydrogen) atoms. The molecule has 2 heterocycles. The number of H-pyrrole nitrogens is 1. The normalized spacial score (nSPS) is 10.1. The van der Waals surface area contributed by atoms with Crippen LogP contribution in [0.3, 0.4) is 0 Å². The molecule has 2 rings (SSSR count). The maximum Gasteiger partial charge on any atom is 0.339 e. The lowest BCUT2D eigenvalue weighted by Crippen LogP contribution is -2.07. The van der Waals surface area contributed by atoms with Crippen LogP contribution in [-0.4, -0.2) is 38.2 Å². The average molecular weight is 248 g/mol. The van der Waals surface area contributed by atoms with Gasteiger partial charge in [-0.25, -0.2) is 9.78 Å². The molecule has 94 valence electrons. The lowest BCUT2D eigenvalue weighted by molar-refractivity contribution is 0.0526. The van der Waals surface area contributed by atoms with Crippen molar-refractivity contribution in [1.29, 1.82) is 0 Å². The fourth-order valence-electron chi connectivity index (χ4n) is 1.26. The second-order valence-corrected chi connectivity index (χ2v) is 3.33. The monoisotopic (exact) mass is 248 g/mol. The zero-order chi connectivity index (χ0) is 12.8. The molecule has 2 aromatic heterocycles. The fraction of sp³-hybridized carbons (Fsp3) is 0.300. The molecule has 0 aliphatic heterocycles. The Balaban J connectivity index is 1.93. The largest absolute Gasteiger partial charge is 0.462 e. The number of carbonyl (C=O) groups is 1. The van der Waals surface area contributed by atoms with Crippen molar-refractivity contribution in [3.63, 3.8) is 0 Å². The van der Waals surface area contributed by atoms with E-state index in [0.29, 0.717) is 30.4 Å². The van der Waals surface area contributed by atoms with E-state index in [4.69, 9.17) is 4.74 Å². The van der Waals surface area contributed by atoms with Gasteiger partial charge >= 0.3 is 5.97 Å². The number of aromatic nitrogens is 5. The fourth-order valence-corrected chi connectivity index (χ4v) is 1.26. The van der Waals surface area contributed by atoms with Gasteiger partial charge in [-0.15, -0.1) is 10.2 Å². The molecule has 0 spiro atoms. The van der Waals surface area contributed by atoms with Gasteiger partial charge in [0.05, 0.1) is 18.7 Å². The summed E-state index contributed by atoms with van der Waals surface area (Å²) in [6.45, 7) is 2.51. The molecule has 2 N–H and O–H groups in total. The van der Waals surface area contributed by atoms with Crippen molar-refractivity contribution in [2.75, 3.05) is 11.9 Å². The summed E-state index contributed by atoms with van der Waals surface area (Å²) in [6.07, 6.45) is 1.45. The van der Waals surface area contributed by atoms with Gasteiger partial charge in [0.25, 0.3) is 0 Å². The van der Waals surface area contributed by atoms with Crippen LogP contribution in [0.4, 0.5) is 5.82 Å². The van der Waals surface area contributed by atoms with Crippen LogP contribution in [0.5, 0.6) is 0 Å². The minimum absolute atomic E-state index is 0.344. The molecule has 0 aromatic carbocycles. The third kappa shape index (κ3) is 3.00. The number of esters is 1. The molecule has 0 atom stereocenters. The predicted octanol–water partition coefficient (Wildman–Crippen LogP) is 0.383. The molecule has 2 aromatic rings. The molecule has 0 radical (unpaired) electrons.